The average Bonchev–Trinajstić information content (AvgIpc) is 3.17. The molecule has 5 nitrogen and oxygen atoms in total. The van der Waals surface area contributed by atoms with E-state index in [0.29, 0.717) is 15.8 Å². The molecule has 8 heteroatoms. The van der Waals surface area contributed by atoms with Crippen molar-refractivity contribution >= 4 is 57.3 Å². The number of hydrogen-bond donors (Lipinski definition) is 2. The fourth-order valence-corrected chi connectivity index (χ4v) is 3.97. The third-order valence-corrected chi connectivity index (χ3v) is 5.77. The van der Waals surface area contributed by atoms with Crippen LogP contribution in [-0.4, -0.2) is 22.0 Å². The summed E-state index contributed by atoms with van der Waals surface area (Å²) in [6, 6.07) is 14.6. The summed E-state index contributed by atoms with van der Waals surface area (Å²) >= 11 is 8.66. The highest BCUT2D eigenvalue weighted by Gasteiger charge is 2.16. The molecule has 0 aliphatic heterocycles. The number of aromatic nitrogens is 1. The van der Waals surface area contributed by atoms with E-state index in [-0.39, 0.29) is 23.5 Å². The van der Waals surface area contributed by atoms with E-state index >= 15 is 0 Å². The van der Waals surface area contributed by atoms with Gasteiger partial charge in [-0.05, 0) is 42.8 Å². The van der Waals surface area contributed by atoms with Gasteiger partial charge in [-0.1, -0.05) is 29.8 Å². The number of thiazole rings is 1. The Kier molecular flexibility index (Phi) is 7.08. The molecule has 0 fully saturated rings. The molecule has 0 bridgehead atoms. The first-order chi connectivity index (χ1) is 13.5. The van der Waals surface area contributed by atoms with E-state index in [0.717, 1.165) is 10.5 Å². The van der Waals surface area contributed by atoms with Gasteiger partial charge < -0.3 is 10.6 Å². The second-order valence-corrected chi connectivity index (χ2v) is 8.71. The smallest absolute Gasteiger partial charge is 0.239 e. The Labute approximate surface area is 176 Å². The Morgan fingerprint density at radius 2 is 1.96 bits per heavy atom. The van der Waals surface area contributed by atoms with Crippen LogP contribution in [0.4, 0.5) is 10.8 Å². The molecule has 1 unspecified atom stereocenters. The van der Waals surface area contributed by atoms with Gasteiger partial charge >= 0.3 is 0 Å². The number of anilines is 2. The van der Waals surface area contributed by atoms with Crippen molar-refractivity contribution in [2.24, 2.45) is 0 Å². The zero-order valence-electron chi connectivity index (χ0n) is 15.0. The second-order valence-electron chi connectivity index (χ2n) is 5.97. The highest BCUT2D eigenvalue weighted by Crippen LogP contribution is 2.27. The number of carbonyl (C=O) groups is 2. The predicted molar refractivity (Wildman–Crippen MR) is 116 cm³/mol. The molecule has 0 radical (unpaired) electrons. The molecule has 0 spiro atoms. The second kappa shape index (κ2) is 9.73. The first kappa shape index (κ1) is 20.4. The molecule has 2 N–H and O–H groups in total. The van der Waals surface area contributed by atoms with Crippen LogP contribution in [0.3, 0.4) is 0 Å². The molecule has 1 aromatic heterocycles. The first-order valence-corrected chi connectivity index (χ1v) is 10.6. The number of nitrogens with zero attached hydrogens (tertiary/aromatic N) is 1. The lowest BCUT2D eigenvalue weighted by Gasteiger charge is -2.12. The minimum Gasteiger partial charge on any atom is -0.326 e. The molecule has 3 rings (SSSR count). The van der Waals surface area contributed by atoms with E-state index in [1.54, 1.807) is 18.3 Å². The molecule has 28 heavy (non-hydrogen) atoms. The van der Waals surface area contributed by atoms with Crippen molar-refractivity contribution in [3.05, 3.63) is 70.7 Å². The van der Waals surface area contributed by atoms with Crippen molar-refractivity contribution in [2.45, 2.75) is 23.5 Å². The van der Waals surface area contributed by atoms with Gasteiger partial charge in [-0.15, -0.1) is 23.1 Å². The van der Waals surface area contributed by atoms with E-state index in [4.69, 9.17) is 11.6 Å². The van der Waals surface area contributed by atoms with E-state index in [1.807, 2.05) is 48.7 Å². The van der Waals surface area contributed by atoms with Gasteiger partial charge in [0.1, 0.15) is 0 Å². The Morgan fingerprint density at radius 3 is 2.68 bits per heavy atom. The topological polar surface area (TPSA) is 71.1 Å². The molecule has 1 heterocycles. The zero-order chi connectivity index (χ0) is 19.9. The molecule has 3 aromatic rings. The first-order valence-electron chi connectivity index (χ1n) is 8.51. The lowest BCUT2D eigenvalue weighted by Crippen LogP contribution is -2.22. The van der Waals surface area contributed by atoms with Crippen molar-refractivity contribution in [1.29, 1.82) is 0 Å². The van der Waals surface area contributed by atoms with Crippen LogP contribution < -0.4 is 10.6 Å². The molecule has 0 aliphatic carbocycles. The number of hydrogen-bond acceptors (Lipinski definition) is 5. The highest BCUT2D eigenvalue weighted by atomic mass is 35.5. The van der Waals surface area contributed by atoms with Crippen molar-refractivity contribution in [1.82, 2.24) is 4.98 Å². The fourth-order valence-electron chi connectivity index (χ4n) is 2.39. The number of benzene rings is 2. The molecular formula is C20H18ClN3O2S2. The number of carbonyl (C=O) groups excluding carboxylic acids is 2. The number of nitrogens with one attached hydrogen (secondary N) is 2. The quantitative estimate of drug-likeness (QED) is 0.510. The van der Waals surface area contributed by atoms with Gasteiger partial charge in [-0.2, -0.15) is 0 Å². The van der Waals surface area contributed by atoms with Gasteiger partial charge in [0, 0.05) is 27.2 Å². The van der Waals surface area contributed by atoms with Crippen LogP contribution in [0.15, 0.2) is 65.0 Å². The van der Waals surface area contributed by atoms with Crippen LogP contribution in [0.1, 0.15) is 12.5 Å². The summed E-state index contributed by atoms with van der Waals surface area (Å²) in [6.45, 7) is 1.83. The number of rotatable bonds is 7. The lowest BCUT2D eigenvalue weighted by molar-refractivity contribution is -0.116. The Bertz CT molecular complexity index is 946. The van der Waals surface area contributed by atoms with Gasteiger partial charge in [0.25, 0.3) is 0 Å². The maximum absolute atomic E-state index is 12.3. The minimum atomic E-state index is -0.302. The van der Waals surface area contributed by atoms with Gasteiger partial charge in [0.05, 0.1) is 11.7 Å². The summed E-state index contributed by atoms with van der Waals surface area (Å²) in [5, 5.41) is 8.41. The number of amides is 2. The van der Waals surface area contributed by atoms with Crippen molar-refractivity contribution in [2.75, 3.05) is 10.6 Å². The third kappa shape index (κ3) is 6.09. The van der Waals surface area contributed by atoms with E-state index < -0.39 is 0 Å². The summed E-state index contributed by atoms with van der Waals surface area (Å²) in [4.78, 5) is 29.5. The Hall–Kier alpha value is -2.35. The van der Waals surface area contributed by atoms with Crippen molar-refractivity contribution in [3.8, 4) is 0 Å². The van der Waals surface area contributed by atoms with Gasteiger partial charge in [0.2, 0.25) is 11.8 Å². The summed E-state index contributed by atoms with van der Waals surface area (Å²) in [7, 11) is 0. The third-order valence-electron chi connectivity index (χ3n) is 3.74. The molecule has 144 valence electrons. The maximum atomic E-state index is 12.3. The van der Waals surface area contributed by atoms with Crippen molar-refractivity contribution in [3.63, 3.8) is 0 Å². The van der Waals surface area contributed by atoms with Gasteiger partial charge in [0.15, 0.2) is 5.13 Å². The fraction of sp³-hybridized carbons (Fsp3) is 0.150. The summed E-state index contributed by atoms with van der Waals surface area (Å²) in [5.74, 6) is -0.226. The monoisotopic (exact) mass is 431 g/mol. The maximum Gasteiger partial charge on any atom is 0.239 e. The normalized spacial score (nSPS) is 11.6. The van der Waals surface area contributed by atoms with E-state index in [2.05, 4.69) is 15.6 Å². The molecule has 1 atom stereocenters. The van der Waals surface area contributed by atoms with Crippen molar-refractivity contribution < 1.29 is 9.59 Å². The molecule has 2 aromatic carbocycles. The number of thioether (sulfide) groups is 1. The SMILES string of the molecule is CC(Sc1cccc(NC(=O)Cc2ccc(Cl)cc2)c1)C(=O)Nc1nccs1. The minimum absolute atomic E-state index is 0.112. The standard InChI is InChI=1S/C20H18ClN3O2S2/c1-13(19(26)24-20-22-9-10-27-20)28-17-4-2-3-16(12-17)23-18(25)11-14-5-7-15(21)8-6-14/h2-10,12-13H,11H2,1H3,(H,23,25)(H,22,24,26). The van der Waals surface area contributed by atoms with Crippen LogP contribution in [0, 0.1) is 0 Å². The largest absolute Gasteiger partial charge is 0.326 e. The molecule has 0 saturated heterocycles. The van der Waals surface area contributed by atoms with Crippen LogP contribution in [0.5, 0.6) is 0 Å². The lowest BCUT2D eigenvalue weighted by atomic mass is 10.1. The van der Waals surface area contributed by atoms with Crippen LogP contribution in [0.25, 0.3) is 0 Å². The molecule has 0 aliphatic rings. The van der Waals surface area contributed by atoms with E-state index in [9.17, 15) is 9.59 Å². The zero-order valence-corrected chi connectivity index (χ0v) is 17.4. The Morgan fingerprint density at radius 1 is 1.18 bits per heavy atom. The van der Waals surface area contributed by atoms with Crippen LogP contribution in [0.2, 0.25) is 5.02 Å². The van der Waals surface area contributed by atoms with E-state index in [1.165, 1.54) is 23.1 Å². The van der Waals surface area contributed by atoms with Crippen LogP contribution in [-0.2, 0) is 16.0 Å². The van der Waals surface area contributed by atoms with Crippen LogP contribution >= 0.6 is 34.7 Å². The molecular weight excluding hydrogens is 414 g/mol. The summed E-state index contributed by atoms with van der Waals surface area (Å²) in [5.41, 5.74) is 1.58. The molecule has 2 amide bonds. The average molecular weight is 432 g/mol. The summed E-state index contributed by atoms with van der Waals surface area (Å²) in [6.07, 6.45) is 1.91. The highest BCUT2D eigenvalue weighted by molar-refractivity contribution is 8.00. The van der Waals surface area contributed by atoms with Gasteiger partial charge in [-0.25, -0.2) is 4.98 Å². The molecule has 0 saturated carbocycles. The van der Waals surface area contributed by atoms with Gasteiger partial charge in [-0.3, -0.25) is 9.59 Å². The Balaban J connectivity index is 1.56. The number of halogens is 1. The predicted octanol–water partition coefficient (Wildman–Crippen LogP) is 5.10. The summed E-state index contributed by atoms with van der Waals surface area (Å²) < 4.78 is 0.